The second kappa shape index (κ2) is 9.00. The lowest BCUT2D eigenvalue weighted by Crippen LogP contribution is -2.56. The van der Waals surface area contributed by atoms with Gasteiger partial charge in [0, 0.05) is 17.6 Å². The van der Waals surface area contributed by atoms with Gasteiger partial charge in [0.25, 0.3) is 5.91 Å². The Labute approximate surface area is 197 Å². The third-order valence-corrected chi connectivity index (χ3v) is 6.79. The first-order valence-electron chi connectivity index (χ1n) is 11.9. The normalized spacial score (nSPS) is 20.3. The van der Waals surface area contributed by atoms with E-state index in [4.69, 9.17) is 15.8 Å². The Morgan fingerprint density at radius 3 is 2.68 bits per heavy atom. The standard InChI is InChI=1S/C24H29FN8O/c1-2-19-21(27)32(13-26)20-12-28-24(31-22(20)33(19)16-5-3-4-6-16)30-18-10-7-14(11-17(18)25)23(34)29-15-8-9-15/h7,10-13,15-16,19,26-27H,2-6,8-9H2,1H3,(H,29,34)(H,28,30,31). The van der Waals surface area contributed by atoms with Gasteiger partial charge in [0.2, 0.25) is 5.95 Å². The Kier molecular flexibility index (Phi) is 5.89. The second-order valence-corrected chi connectivity index (χ2v) is 9.12. The van der Waals surface area contributed by atoms with Crippen LogP contribution in [-0.2, 0) is 0 Å². The third-order valence-electron chi connectivity index (χ3n) is 6.79. The van der Waals surface area contributed by atoms with Gasteiger partial charge in [0.15, 0.2) is 5.82 Å². The van der Waals surface area contributed by atoms with Crippen molar-refractivity contribution >= 4 is 41.2 Å². The van der Waals surface area contributed by atoms with Crippen LogP contribution in [0, 0.1) is 16.6 Å². The number of fused-ring (bicyclic) bond motifs is 1. The van der Waals surface area contributed by atoms with Gasteiger partial charge < -0.3 is 15.5 Å². The Bertz CT molecular complexity index is 1130. The quantitative estimate of drug-likeness (QED) is 0.360. The van der Waals surface area contributed by atoms with Crippen molar-refractivity contribution in [2.75, 3.05) is 15.1 Å². The molecular weight excluding hydrogens is 435 g/mol. The van der Waals surface area contributed by atoms with Crippen LogP contribution in [0.3, 0.4) is 0 Å². The molecule has 5 rings (SSSR count). The zero-order chi connectivity index (χ0) is 23.8. The van der Waals surface area contributed by atoms with E-state index in [-0.39, 0.29) is 41.2 Å². The molecular formula is C24H29FN8O. The van der Waals surface area contributed by atoms with Crippen molar-refractivity contribution in [3.8, 4) is 0 Å². The highest BCUT2D eigenvalue weighted by atomic mass is 19.1. The lowest BCUT2D eigenvalue weighted by molar-refractivity contribution is 0.0950. The van der Waals surface area contributed by atoms with Gasteiger partial charge in [-0.3, -0.25) is 20.5 Å². The number of hydrogen-bond donors (Lipinski definition) is 4. The maximum Gasteiger partial charge on any atom is 0.251 e. The Hall–Kier alpha value is -3.56. The molecule has 2 heterocycles. The van der Waals surface area contributed by atoms with Gasteiger partial charge in [-0.1, -0.05) is 19.8 Å². The van der Waals surface area contributed by atoms with Crippen LogP contribution < -0.4 is 20.4 Å². The maximum absolute atomic E-state index is 14.8. The number of benzene rings is 1. The van der Waals surface area contributed by atoms with Crippen LogP contribution in [0.1, 0.15) is 62.2 Å². The molecule has 2 aliphatic carbocycles. The van der Waals surface area contributed by atoms with Gasteiger partial charge in [0.05, 0.1) is 24.3 Å². The van der Waals surface area contributed by atoms with Gasteiger partial charge in [-0.2, -0.15) is 4.98 Å². The number of aromatic nitrogens is 2. The molecule has 0 saturated heterocycles. The minimum atomic E-state index is -0.563. The summed E-state index contributed by atoms with van der Waals surface area (Å²) in [6.07, 6.45) is 9.67. The molecule has 9 nitrogen and oxygen atoms in total. The SMILES string of the molecule is CCC1C(=N)N(C=N)c2cnc(Nc3ccc(C(=O)NC4CC4)cc3F)nc2N1C1CCCC1. The summed E-state index contributed by atoms with van der Waals surface area (Å²) in [6, 6.07) is 4.59. The fourth-order valence-corrected chi connectivity index (χ4v) is 4.87. The molecule has 1 atom stereocenters. The minimum Gasteiger partial charge on any atom is -0.349 e. The van der Waals surface area contributed by atoms with Crippen LogP contribution in [0.2, 0.25) is 0 Å². The summed E-state index contributed by atoms with van der Waals surface area (Å²) in [7, 11) is 0. The van der Waals surface area contributed by atoms with E-state index in [0.717, 1.165) is 44.9 Å². The summed E-state index contributed by atoms with van der Waals surface area (Å²) < 4.78 is 14.8. The molecule has 0 spiro atoms. The van der Waals surface area contributed by atoms with Crippen LogP contribution >= 0.6 is 0 Å². The number of amides is 1. The van der Waals surface area contributed by atoms with Crippen molar-refractivity contribution < 1.29 is 9.18 Å². The van der Waals surface area contributed by atoms with E-state index in [0.29, 0.717) is 23.8 Å². The predicted octanol–water partition coefficient (Wildman–Crippen LogP) is 4.18. The number of halogens is 1. The van der Waals surface area contributed by atoms with Crippen molar-refractivity contribution in [1.82, 2.24) is 15.3 Å². The molecule has 1 amide bonds. The average molecular weight is 465 g/mol. The van der Waals surface area contributed by atoms with Crippen LogP contribution in [-0.4, -0.2) is 46.2 Å². The summed E-state index contributed by atoms with van der Waals surface area (Å²) in [4.78, 5) is 25.0. The molecule has 0 bridgehead atoms. The highest BCUT2D eigenvalue weighted by Crippen LogP contribution is 2.40. The number of carbonyl (C=O) groups is 1. The molecule has 4 N–H and O–H groups in total. The van der Waals surface area contributed by atoms with Gasteiger partial charge in [0.1, 0.15) is 17.3 Å². The average Bonchev–Trinajstić information content (AvgIpc) is 3.48. The smallest absolute Gasteiger partial charge is 0.251 e. The first-order chi connectivity index (χ1) is 16.5. The molecule has 0 radical (unpaired) electrons. The van der Waals surface area contributed by atoms with Crippen molar-refractivity contribution in [3.63, 3.8) is 0 Å². The molecule has 2 fully saturated rings. The van der Waals surface area contributed by atoms with Crippen molar-refractivity contribution in [1.29, 1.82) is 10.8 Å². The molecule has 1 unspecified atom stereocenters. The maximum atomic E-state index is 14.8. The summed E-state index contributed by atoms with van der Waals surface area (Å²) >= 11 is 0. The number of carbonyl (C=O) groups excluding carboxylic acids is 1. The number of nitrogens with zero attached hydrogens (tertiary/aromatic N) is 4. The highest BCUT2D eigenvalue weighted by molar-refractivity contribution is 6.16. The number of anilines is 4. The molecule has 34 heavy (non-hydrogen) atoms. The van der Waals surface area contributed by atoms with E-state index in [1.54, 1.807) is 12.3 Å². The number of amidine groups is 1. The fourth-order valence-electron chi connectivity index (χ4n) is 4.87. The van der Waals surface area contributed by atoms with Gasteiger partial charge in [-0.05, 0) is 50.3 Å². The monoisotopic (exact) mass is 464 g/mol. The van der Waals surface area contributed by atoms with Crippen molar-refractivity contribution in [3.05, 3.63) is 35.8 Å². The van der Waals surface area contributed by atoms with Crippen molar-refractivity contribution in [2.45, 2.75) is 70.0 Å². The van der Waals surface area contributed by atoms with Gasteiger partial charge in [-0.25, -0.2) is 9.37 Å². The zero-order valence-electron chi connectivity index (χ0n) is 19.1. The summed E-state index contributed by atoms with van der Waals surface area (Å²) in [5.74, 6) is 0.379. The molecule has 1 aromatic carbocycles. The number of rotatable bonds is 7. The van der Waals surface area contributed by atoms with E-state index in [2.05, 4.69) is 20.5 Å². The summed E-state index contributed by atoms with van der Waals surface area (Å²) in [5, 5.41) is 22.3. The molecule has 178 valence electrons. The van der Waals surface area contributed by atoms with Gasteiger partial charge >= 0.3 is 0 Å². The first kappa shape index (κ1) is 22.2. The Morgan fingerprint density at radius 1 is 1.26 bits per heavy atom. The summed E-state index contributed by atoms with van der Waals surface area (Å²) in [6.45, 7) is 2.03. The van der Waals surface area contributed by atoms with Crippen LogP contribution in [0.5, 0.6) is 0 Å². The minimum absolute atomic E-state index is 0.176. The second-order valence-electron chi connectivity index (χ2n) is 9.12. The lowest BCUT2D eigenvalue weighted by Gasteiger charge is -2.44. The molecule has 3 aliphatic rings. The van der Waals surface area contributed by atoms with Crippen molar-refractivity contribution in [2.24, 2.45) is 0 Å². The van der Waals surface area contributed by atoms with Crippen LogP contribution in [0.25, 0.3) is 0 Å². The van der Waals surface area contributed by atoms with Crippen LogP contribution in [0.4, 0.5) is 27.5 Å². The molecule has 2 aromatic rings. The largest absolute Gasteiger partial charge is 0.349 e. The first-order valence-corrected chi connectivity index (χ1v) is 11.9. The molecule has 1 aliphatic heterocycles. The highest BCUT2D eigenvalue weighted by Gasteiger charge is 2.40. The number of nitrogens with one attached hydrogen (secondary N) is 4. The molecule has 2 saturated carbocycles. The van der Waals surface area contributed by atoms with E-state index < -0.39 is 5.82 Å². The third kappa shape index (κ3) is 4.08. The summed E-state index contributed by atoms with van der Waals surface area (Å²) in [5.41, 5.74) is 1.03. The lowest BCUT2D eigenvalue weighted by atomic mass is 10.0. The van der Waals surface area contributed by atoms with E-state index >= 15 is 0 Å². The number of hydrogen-bond acceptors (Lipinski definition) is 7. The van der Waals surface area contributed by atoms with E-state index in [1.165, 1.54) is 17.0 Å². The van der Waals surface area contributed by atoms with Crippen LogP contribution in [0.15, 0.2) is 24.4 Å². The molecule has 1 aromatic heterocycles. The zero-order valence-corrected chi connectivity index (χ0v) is 19.1. The van der Waals surface area contributed by atoms with Gasteiger partial charge in [-0.15, -0.1) is 0 Å². The van der Waals surface area contributed by atoms with E-state index in [1.807, 2.05) is 6.92 Å². The Balaban J connectivity index is 1.45. The topological polar surface area (TPSA) is 121 Å². The fraction of sp³-hybridized carbons (Fsp3) is 0.458. The Morgan fingerprint density at radius 2 is 2.03 bits per heavy atom. The predicted molar refractivity (Wildman–Crippen MR) is 130 cm³/mol. The van der Waals surface area contributed by atoms with E-state index in [9.17, 15) is 9.18 Å². The molecule has 10 heteroatoms.